The van der Waals surface area contributed by atoms with Crippen molar-refractivity contribution in [2.24, 2.45) is 11.8 Å². The van der Waals surface area contributed by atoms with Crippen molar-refractivity contribution in [1.29, 1.82) is 0 Å². The summed E-state index contributed by atoms with van der Waals surface area (Å²) in [5, 5.41) is 12.8. The van der Waals surface area contributed by atoms with Gasteiger partial charge in [0, 0.05) is 19.2 Å². The van der Waals surface area contributed by atoms with Gasteiger partial charge < -0.3 is 9.84 Å². The minimum absolute atomic E-state index is 0.124. The monoisotopic (exact) mass is 238 g/mol. The maximum atomic E-state index is 11.9. The molecular formula is C11H14N2O4. The summed E-state index contributed by atoms with van der Waals surface area (Å²) in [6, 6.07) is 0. The molecule has 0 amide bonds. The minimum Gasteiger partial charge on any atom is -0.481 e. The Hall–Kier alpha value is -1.69. The first-order valence-electron chi connectivity index (χ1n) is 5.42. The van der Waals surface area contributed by atoms with Gasteiger partial charge in [-0.05, 0) is 6.42 Å². The van der Waals surface area contributed by atoms with E-state index in [1.807, 2.05) is 0 Å². The van der Waals surface area contributed by atoms with Crippen LogP contribution in [0.1, 0.15) is 16.8 Å². The number of rotatable bonds is 6. The standard InChI is InChI=1S/C11H14N2O4/c1-17-3-2-13-6-7(5-12-13)10(14)8-4-9(8)11(15)16/h5-6,8-9H,2-4H2,1H3,(H,15,16)/t8-,9+/m1/s1. The van der Waals surface area contributed by atoms with Crippen molar-refractivity contribution in [1.82, 2.24) is 9.78 Å². The molecule has 92 valence electrons. The number of methoxy groups -OCH3 is 1. The van der Waals surface area contributed by atoms with Gasteiger partial charge in [-0.15, -0.1) is 0 Å². The second-order valence-corrected chi connectivity index (χ2v) is 4.14. The molecule has 1 heterocycles. The molecule has 0 aliphatic heterocycles. The fourth-order valence-corrected chi connectivity index (χ4v) is 1.77. The second kappa shape index (κ2) is 4.67. The molecule has 0 spiro atoms. The number of ketones is 1. The van der Waals surface area contributed by atoms with Gasteiger partial charge in [0.1, 0.15) is 0 Å². The van der Waals surface area contributed by atoms with Crippen molar-refractivity contribution in [3.63, 3.8) is 0 Å². The summed E-state index contributed by atoms with van der Waals surface area (Å²) in [5.74, 6) is -1.89. The van der Waals surface area contributed by atoms with Crippen LogP contribution in [0.5, 0.6) is 0 Å². The number of hydrogen-bond acceptors (Lipinski definition) is 4. The molecule has 1 saturated carbocycles. The predicted octanol–water partition coefficient (Wildman–Crippen LogP) is 0.433. The highest BCUT2D eigenvalue weighted by molar-refractivity contribution is 6.02. The number of carboxylic acids is 1. The van der Waals surface area contributed by atoms with Crippen molar-refractivity contribution in [2.75, 3.05) is 13.7 Å². The number of hydrogen-bond donors (Lipinski definition) is 1. The number of aromatic nitrogens is 2. The lowest BCUT2D eigenvalue weighted by Gasteiger charge is -1.98. The van der Waals surface area contributed by atoms with Crippen molar-refractivity contribution in [2.45, 2.75) is 13.0 Å². The third-order valence-electron chi connectivity index (χ3n) is 2.89. The molecule has 2 atom stereocenters. The Morgan fingerprint density at radius 1 is 1.59 bits per heavy atom. The van der Waals surface area contributed by atoms with E-state index in [0.29, 0.717) is 25.1 Å². The molecule has 17 heavy (non-hydrogen) atoms. The summed E-state index contributed by atoms with van der Waals surface area (Å²) < 4.78 is 6.52. The van der Waals surface area contributed by atoms with Crippen LogP contribution in [0.4, 0.5) is 0 Å². The fourth-order valence-electron chi connectivity index (χ4n) is 1.77. The molecule has 1 aromatic rings. The molecule has 0 bridgehead atoms. The van der Waals surface area contributed by atoms with Gasteiger partial charge in [-0.2, -0.15) is 5.10 Å². The van der Waals surface area contributed by atoms with Gasteiger partial charge in [-0.25, -0.2) is 0 Å². The van der Waals surface area contributed by atoms with Crippen LogP contribution in [0.25, 0.3) is 0 Å². The van der Waals surface area contributed by atoms with Crippen molar-refractivity contribution >= 4 is 11.8 Å². The van der Waals surface area contributed by atoms with E-state index in [9.17, 15) is 9.59 Å². The number of Topliss-reactive ketones (excluding diaryl/α,β-unsaturated/α-hetero) is 1. The Kier molecular flexibility index (Phi) is 3.23. The van der Waals surface area contributed by atoms with E-state index in [1.54, 1.807) is 18.0 Å². The number of carbonyl (C=O) groups is 2. The maximum absolute atomic E-state index is 11.9. The van der Waals surface area contributed by atoms with Crippen LogP contribution in [0.3, 0.4) is 0 Å². The Morgan fingerprint density at radius 3 is 2.94 bits per heavy atom. The predicted molar refractivity (Wildman–Crippen MR) is 57.7 cm³/mol. The van der Waals surface area contributed by atoms with E-state index >= 15 is 0 Å². The topological polar surface area (TPSA) is 81.4 Å². The second-order valence-electron chi connectivity index (χ2n) is 4.14. The van der Waals surface area contributed by atoms with Crippen molar-refractivity contribution in [3.8, 4) is 0 Å². The molecule has 2 rings (SSSR count). The van der Waals surface area contributed by atoms with Crippen LogP contribution in [-0.2, 0) is 16.1 Å². The van der Waals surface area contributed by atoms with Gasteiger partial charge in [0.25, 0.3) is 0 Å². The average Bonchev–Trinajstić information content (AvgIpc) is 2.98. The molecule has 6 heteroatoms. The molecule has 0 radical (unpaired) electrons. The summed E-state index contributed by atoms with van der Waals surface area (Å²) in [6.45, 7) is 1.10. The van der Waals surface area contributed by atoms with Gasteiger partial charge in [-0.3, -0.25) is 14.3 Å². The van der Waals surface area contributed by atoms with Crippen LogP contribution in [-0.4, -0.2) is 40.4 Å². The van der Waals surface area contributed by atoms with E-state index in [-0.39, 0.29) is 11.7 Å². The lowest BCUT2D eigenvalue weighted by Crippen LogP contribution is -2.08. The number of aliphatic carboxylic acids is 1. The number of nitrogens with zero attached hydrogens (tertiary/aromatic N) is 2. The highest BCUT2D eigenvalue weighted by Gasteiger charge is 2.48. The molecular weight excluding hydrogens is 224 g/mol. The highest BCUT2D eigenvalue weighted by atomic mass is 16.5. The van der Waals surface area contributed by atoms with E-state index in [1.165, 1.54) is 6.20 Å². The zero-order chi connectivity index (χ0) is 12.4. The summed E-state index contributed by atoms with van der Waals surface area (Å²) >= 11 is 0. The maximum Gasteiger partial charge on any atom is 0.307 e. The third-order valence-corrected chi connectivity index (χ3v) is 2.89. The molecule has 0 unspecified atom stereocenters. The Morgan fingerprint density at radius 2 is 2.35 bits per heavy atom. The first kappa shape index (κ1) is 11.8. The smallest absolute Gasteiger partial charge is 0.307 e. The fraction of sp³-hybridized carbons (Fsp3) is 0.545. The van der Waals surface area contributed by atoms with Crippen LogP contribution in [0.2, 0.25) is 0 Å². The highest BCUT2D eigenvalue weighted by Crippen LogP contribution is 2.40. The Labute approximate surface area is 98.2 Å². The van der Waals surface area contributed by atoms with Crippen LogP contribution in [0, 0.1) is 11.8 Å². The summed E-state index contributed by atoms with van der Waals surface area (Å²) in [4.78, 5) is 22.5. The summed E-state index contributed by atoms with van der Waals surface area (Å²) in [7, 11) is 1.59. The SMILES string of the molecule is COCCn1cc(C(=O)[C@@H]2C[C@@H]2C(=O)O)cn1. The lowest BCUT2D eigenvalue weighted by atomic mass is 10.1. The number of ether oxygens (including phenoxy) is 1. The molecule has 0 aromatic carbocycles. The van der Waals surface area contributed by atoms with E-state index < -0.39 is 11.9 Å². The van der Waals surface area contributed by atoms with Crippen molar-refractivity contribution in [3.05, 3.63) is 18.0 Å². The summed E-state index contributed by atoms with van der Waals surface area (Å²) in [6.07, 6.45) is 3.56. The van der Waals surface area contributed by atoms with Gasteiger partial charge in [0.2, 0.25) is 0 Å². The average molecular weight is 238 g/mol. The zero-order valence-corrected chi connectivity index (χ0v) is 9.50. The van der Waals surface area contributed by atoms with E-state index in [4.69, 9.17) is 9.84 Å². The molecule has 1 aromatic heterocycles. The Balaban J connectivity index is 1.96. The first-order chi connectivity index (χ1) is 8.13. The van der Waals surface area contributed by atoms with Gasteiger partial charge in [-0.1, -0.05) is 0 Å². The number of carboxylic acid groups (broad SMARTS) is 1. The molecule has 1 aliphatic carbocycles. The lowest BCUT2D eigenvalue weighted by molar-refractivity contribution is -0.138. The molecule has 6 nitrogen and oxygen atoms in total. The molecule has 0 saturated heterocycles. The van der Waals surface area contributed by atoms with Gasteiger partial charge >= 0.3 is 5.97 Å². The summed E-state index contributed by atoms with van der Waals surface area (Å²) in [5.41, 5.74) is 0.481. The third kappa shape index (κ3) is 2.52. The van der Waals surface area contributed by atoms with Crippen LogP contribution < -0.4 is 0 Å². The minimum atomic E-state index is -0.893. The normalized spacial score (nSPS) is 22.4. The molecule has 1 aliphatic rings. The zero-order valence-electron chi connectivity index (χ0n) is 9.50. The van der Waals surface area contributed by atoms with Gasteiger partial charge in [0.15, 0.2) is 5.78 Å². The van der Waals surface area contributed by atoms with Crippen LogP contribution >= 0.6 is 0 Å². The molecule has 1 N–H and O–H groups in total. The number of carbonyl (C=O) groups excluding carboxylic acids is 1. The Bertz CT molecular complexity index is 440. The first-order valence-corrected chi connectivity index (χ1v) is 5.42. The molecule has 1 fully saturated rings. The largest absolute Gasteiger partial charge is 0.481 e. The van der Waals surface area contributed by atoms with Gasteiger partial charge in [0.05, 0.1) is 30.8 Å². The quantitative estimate of drug-likeness (QED) is 0.727. The van der Waals surface area contributed by atoms with Crippen LogP contribution in [0.15, 0.2) is 12.4 Å². The van der Waals surface area contributed by atoms with Crippen molar-refractivity contribution < 1.29 is 19.4 Å². The van der Waals surface area contributed by atoms with E-state index in [2.05, 4.69) is 5.10 Å². The van der Waals surface area contributed by atoms with E-state index in [0.717, 1.165) is 0 Å².